The molecule has 0 fully saturated rings. The first-order chi connectivity index (χ1) is 9.83. The van der Waals surface area contributed by atoms with E-state index in [-0.39, 0.29) is 4.90 Å². The second kappa shape index (κ2) is 5.91. The molecule has 0 aliphatic rings. The molecule has 3 N–H and O–H groups in total. The van der Waals surface area contributed by atoms with E-state index in [0.717, 1.165) is 5.69 Å². The van der Waals surface area contributed by atoms with Gasteiger partial charge in [0.1, 0.15) is 4.90 Å². The standard InChI is InChI=1S/C15H21N3O2S/c1-11(2)12-4-6-13(7-5-12)17-21(19,20)15-8-14(9-16)18(3)10-15/h4-8,10-11,17H,9,16H2,1-3H3. The normalized spacial score (nSPS) is 11.9. The van der Waals surface area contributed by atoms with Gasteiger partial charge in [0.15, 0.2) is 0 Å². The predicted molar refractivity (Wildman–Crippen MR) is 84.6 cm³/mol. The molecule has 1 heterocycles. The number of anilines is 1. The number of nitrogens with two attached hydrogens (primary N) is 1. The van der Waals surface area contributed by atoms with E-state index in [1.165, 1.54) is 5.56 Å². The van der Waals surface area contributed by atoms with E-state index in [2.05, 4.69) is 18.6 Å². The van der Waals surface area contributed by atoms with Gasteiger partial charge >= 0.3 is 0 Å². The van der Waals surface area contributed by atoms with Crippen LogP contribution in [0.5, 0.6) is 0 Å². The first-order valence-electron chi connectivity index (χ1n) is 6.81. The van der Waals surface area contributed by atoms with Crippen LogP contribution < -0.4 is 10.5 Å². The molecular weight excluding hydrogens is 286 g/mol. The fourth-order valence-corrected chi connectivity index (χ4v) is 3.23. The SMILES string of the molecule is CC(C)c1ccc(NS(=O)(=O)c2cc(CN)n(C)c2)cc1. The Kier molecular flexibility index (Phi) is 4.39. The molecule has 0 radical (unpaired) electrons. The molecule has 0 aliphatic carbocycles. The minimum Gasteiger partial charge on any atom is -0.352 e. The van der Waals surface area contributed by atoms with Crippen LogP contribution in [0.15, 0.2) is 41.4 Å². The quantitative estimate of drug-likeness (QED) is 0.890. The molecule has 0 saturated carbocycles. The van der Waals surface area contributed by atoms with E-state index < -0.39 is 10.0 Å². The summed E-state index contributed by atoms with van der Waals surface area (Å²) < 4.78 is 29.0. The lowest BCUT2D eigenvalue weighted by Crippen LogP contribution is -2.12. The Morgan fingerprint density at radius 2 is 1.86 bits per heavy atom. The zero-order chi connectivity index (χ0) is 15.6. The fourth-order valence-electron chi connectivity index (χ4n) is 2.08. The highest BCUT2D eigenvalue weighted by atomic mass is 32.2. The van der Waals surface area contributed by atoms with Crippen LogP contribution in [0.2, 0.25) is 0 Å². The van der Waals surface area contributed by atoms with Crippen LogP contribution in [0, 0.1) is 0 Å². The lowest BCUT2D eigenvalue weighted by atomic mass is 10.0. The van der Waals surface area contributed by atoms with E-state index in [4.69, 9.17) is 5.73 Å². The summed E-state index contributed by atoms with van der Waals surface area (Å²) in [7, 11) is -1.81. The topological polar surface area (TPSA) is 77.1 Å². The predicted octanol–water partition coefficient (Wildman–Crippen LogP) is 2.41. The maximum Gasteiger partial charge on any atom is 0.263 e. The first kappa shape index (κ1) is 15.6. The third-order valence-electron chi connectivity index (χ3n) is 3.43. The van der Waals surface area contributed by atoms with E-state index in [0.29, 0.717) is 18.2 Å². The largest absolute Gasteiger partial charge is 0.352 e. The summed E-state index contributed by atoms with van der Waals surface area (Å²) >= 11 is 0. The molecule has 1 aromatic heterocycles. The highest BCUT2D eigenvalue weighted by Crippen LogP contribution is 2.21. The van der Waals surface area contributed by atoms with Gasteiger partial charge in [0.2, 0.25) is 0 Å². The van der Waals surface area contributed by atoms with E-state index in [9.17, 15) is 8.42 Å². The summed E-state index contributed by atoms with van der Waals surface area (Å²) in [6.45, 7) is 4.49. The van der Waals surface area contributed by atoms with Crippen molar-refractivity contribution in [2.24, 2.45) is 12.8 Å². The van der Waals surface area contributed by atoms with Crippen LogP contribution >= 0.6 is 0 Å². The van der Waals surface area contributed by atoms with Crippen molar-refractivity contribution < 1.29 is 8.42 Å². The van der Waals surface area contributed by atoms with Crippen LogP contribution in [-0.4, -0.2) is 13.0 Å². The molecule has 2 aromatic rings. The Morgan fingerprint density at radius 1 is 1.24 bits per heavy atom. The van der Waals surface area contributed by atoms with Crippen LogP contribution in [0.25, 0.3) is 0 Å². The maximum absolute atomic E-state index is 12.3. The molecule has 0 bridgehead atoms. The molecule has 0 amide bonds. The number of rotatable bonds is 5. The van der Waals surface area contributed by atoms with Crippen molar-refractivity contribution >= 4 is 15.7 Å². The summed E-state index contributed by atoms with van der Waals surface area (Å²) in [5.41, 5.74) is 8.06. The van der Waals surface area contributed by atoms with E-state index in [1.54, 1.807) is 36.0 Å². The molecule has 0 saturated heterocycles. The zero-order valence-electron chi connectivity index (χ0n) is 12.5. The van der Waals surface area contributed by atoms with Crippen LogP contribution in [0.4, 0.5) is 5.69 Å². The number of aromatic nitrogens is 1. The molecule has 6 heteroatoms. The van der Waals surface area contributed by atoms with Gasteiger partial charge in [-0.2, -0.15) is 0 Å². The lowest BCUT2D eigenvalue weighted by molar-refractivity contribution is 0.601. The molecule has 2 rings (SSSR count). The van der Waals surface area contributed by atoms with Gasteiger partial charge in [-0.25, -0.2) is 8.42 Å². The zero-order valence-corrected chi connectivity index (χ0v) is 13.3. The van der Waals surface area contributed by atoms with Gasteiger partial charge in [-0.1, -0.05) is 26.0 Å². The first-order valence-corrected chi connectivity index (χ1v) is 8.30. The van der Waals surface area contributed by atoms with Crippen molar-refractivity contribution in [3.8, 4) is 0 Å². The Labute approximate surface area is 125 Å². The number of benzene rings is 1. The lowest BCUT2D eigenvalue weighted by Gasteiger charge is -2.09. The average Bonchev–Trinajstić information content (AvgIpc) is 2.81. The fraction of sp³-hybridized carbons (Fsp3) is 0.333. The number of nitrogens with one attached hydrogen (secondary N) is 1. The summed E-state index contributed by atoms with van der Waals surface area (Å²) in [6.07, 6.45) is 1.56. The van der Waals surface area contributed by atoms with Crippen molar-refractivity contribution in [3.63, 3.8) is 0 Å². The third-order valence-corrected chi connectivity index (χ3v) is 4.78. The van der Waals surface area contributed by atoms with E-state index in [1.807, 2.05) is 12.1 Å². The minimum absolute atomic E-state index is 0.221. The van der Waals surface area contributed by atoms with Crippen molar-refractivity contribution in [1.82, 2.24) is 4.57 Å². The van der Waals surface area contributed by atoms with Crippen LogP contribution in [0.1, 0.15) is 31.0 Å². The molecular formula is C15H21N3O2S. The molecule has 0 aliphatic heterocycles. The van der Waals surface area contributed by atoms with E-state index >= 15 is 0 Å². The monoisotopic (exact) mass is 307 g/mol. The highest BCUT2D eigenvalue weighted by Gasteiger charge is 2.17. The van der Waals surface area contributed by atoms with Crippen molar-refractivity contribution in [3.05, 3.63) is 47.8 Å². The Morgan fingerprint density at radius 3 is 2.33 bits per heavy atom. The average molecular weight is 307 g/mol. The molecule has 0 spiro atoms. The molecule has 5 nitrogen and oxygen atoms in total. The van der Waals surface area contributed by atoms with Gasteiger partial charge < -0.3 is 10.3 Å². The van der Waals surface area contributed by atoms with Crippen LogP contribution in [0.3, 0.4) is 0 Å². The molecule has 21 heavy (non-hydrogen) atoms. The number of hydrogen-bond donors (Lipinski definition) is 2. The van der Waals surface area contributed by atoms with Gasteiger partial charge in [-0.05, 0) is 29.7 Å². The summed E-state index contributed by atoms with van der Waals surface area (Å²) in [6, 6.07) is 9.00. The number of nitrogens with zero attached hydrogens (tertiary/aromatic N) is 1. The van der Waals surface area contributed by atoms with Gasteiger partial charge in [0.05, 0.1) is 0 Å². The molecule has 0 unspecified atom stereocenters. The number of aryl methyl sites for hydroxylation is 1. The van der Waals surface area contributed by atoms with Gasteiger partial charge in [0.25, 0.3) is 10.0 Å². The minimum atomic E-state index is -3.58. The molecule has 1 aromatic carbocycles. The number of hydrogen-bond acceptors (Lipinski definition) is 3. The van der Waals surface area contributed by atoms with Gasteiger partial charge in [0, 0.05) is 31.2 Å². The summed E-state index contributed by atoms with van der Waals surface area (Å²) in [4.78, 5) is 0.221. The van der Waals surface area contributed by atoms with Crippen molar-refractivity contribution in [2.75, 3.05) is 4.72 Å². The molecule has 0 atom stereocenters. The smallest absolute Gasteiger partial charge is 0.263 e. The maximum atomic E-state index is 12.3. The Balaban J connectivity index is 2.24. The Bertz CT molecular complexity index is 716. The van der Waals surface area contributed by atoms with Crippen LogP contribution in [-0.2, 0) is 23.6 Å². The van der Waals surface area contributed by atoms with Crippen molar-refractivity contribution in [2.45, 2.75) is 31.2 Å². The van der Waals surface area contributed by atoms with Crippen molar-refractivity contribution in [1.29, 1.82) is 0 Å². The Hall–Kier alpha value is -1.79. The number of sulfonamides is 1. The van der Waals surface area contributed by atoms with Gasteiger partial charge in [-0.15, -0.1) is 0 Å². The third kappa shape index (κ3) is 3.46. The molecule has 114 valence electrons. The van der Waals surface area contributed by atoms with Gasteiger partial charge in [-0.3, -0.25) is 4.72 Å². The second-order valence-electron chi connectivity index (χ2n) is 5.36. The highest BCUT2D eigenvalue weighted by molar-refractivity contribution is 7.92. The summed E-state index contributed by atoms with van der Waals surface area (Å²) in [5.74, 6) is 0.414. The second-order valence-corrected chi connectivity index (χ2v) is 7.05. The summed E-state index contributed by atoms with van der Waals surface area (Å²) in [5, 5.41) is 0.